The first-order chi connectivity index (χ1) is 15.0. The molecule has 9 nitrogen and oxygen atoms in total. The number of piperazine rings is 2. The number of hydrogen-bond acceptors (Lipinski definition) is 8. The Hall–Kier alpha value is -2.49. The predicted octanol–water partition coefficient (Wildman–Crippen LogP) is 0.463. The summed E-state index contributed by atoms with van der Waals surface area (Å²) in [5.41, 5.74) is 3.15. The van der Waals surface area contributed by atoms with Gasteiger partial charge < -0.3 is 14.8 Å². The summed E-state index contributed by atoms with van der Waals surface area (Å²) in [6.07, 6.45) is 2.78. The van der Waals surface area contributed by atoms with Crippen molar-refractivity contribution in [3.05, 3.63) is 35.4 Å². The Bertz CT molecular complexity index is 796. The molecule has 1 N–H and O–H groups in total. The number of oxime groups is 1. The van der Waals surface area contributed by atoms with E-state index in [-0.39, 0.29) is 12.6 Å². The molecule has 168 valence electrons. The lowest BCUT2D eigenvalue weighted by Crippen LogP contribution is -2.49. The van der Waals surface area contributed by atoms with Gasteiger partial charge in [0.05, 0.1) is 18.5 Å². The molecule has 1 unspecified atom stereocenters. The van der Waals surface area contributed by atoms with Crippen LogP contribution in [-0.4, -0.2) is 121 Å². The molecule has 9 heteroatoms. The van der Waals surface area contributed by atoms with E-state index in [0.29, 0.717) is 0 Å². The van der Waals surface area contributed by atoms with Gasteiger partial charge in [0, 0.05) is 65.3 Å². The molecule has 0 saturated carbocycles. The number of carbonyl (C=O) groups is 1. The van der Waals surface area contributed by atoms with Gasteiger partial charge in [0.25, 0.3) is 0 Å². The Morgan fingerprint density at radius 2 is 1.77 bits per heavy atom. The molecule has 1 aromatic rings. The highest BCUT2D eigenvalue weighted by molar-refractivity contribution is 6.01. The third-order valence-electron chi connectivity index (χ3n) is 6.11. The van der Waals surface area contributed by atoms with Crippen LogP contribution in [0.3, 0.4) is 0 Å². The van der Waals surface area contributed by atoms with E-state index in [9.17, 15) is 4.79 Å². The zero-order chi connectivity index (χ0) is 21.6. The van der Waals surface area contributed by atoms with Crippen molar-refractivity contribution in [3.63, 3.8) is 0 Å². The van der Waals surface area contributed by atoms with Crippen LogP contribution in [0.25, 0.3) is 0 Å². The average molecular weight is 429 g/mol. The van der Waals surface area contributed by atoms with Crippen molar-refractivity contribution >= 4 is 17.9 Å². The molecule has 0 amide bonds. The molecule has 1 atom stereocenters. The number of aliphatic carboxylic acids is 1. The van der Waals surface area contributed by atoms with Crippen molar-refractivity contribution in [1.82, 2.24) is 19.7 Å². The number of carboxylic acid groups (broad SMARTS) is 1. The first kappa shape index (κ1) is 21.7. The van der Waals surface area contributed by atoms with Crippen molar-refractivity contribution in [2.24, 2.45) is 10.3 Å². The molecular formula is C22H32N6O3. The van der Waals surface area contributed by atoms with Gasteiger partial charge >= 0.3 is 5.97 Å². The van der Waals surface area contributed by atoms with Crippen LogP contribution in [0.5, 0.6) is 0 Å². The van der Waals surface area contributed by atoms with Gasteiger partial charge in [0.2, 0.25) is 0 Å². The third-order valence-corrected chi connectivity index (χ3v) is 6.11. The van der Waals surface area contributed by atoms with Gasteiger partial charge in [-0.05, 0) is 18.2 Å². The minimum Gasteiger partial charge on any atom is -0.480 e. The zero-order valence-corrected chi connectivity index (χ0v) is 18.2. The predicted molar refractivity (Wildman–Crippen MR) is 120 cm³/mol. The summed E-state index contributed by atoms with van der Waals surface area (Å²) in [4.78, 5) is 23.1. The maximum Gasteiger partial charge on any atom is 0.317 e. The SMILES string of the molecule is CN1CCN(N=Cc2ccc(C3=NOC(CN4CCN(CC(=O)O)CC4)C3)cc2)CC1. The highest BCUT2D eigenvalue weighted by Gasteiger charge is 2.27. The lowest BCUT2D eigenvalue weighted by Gasteiger charge is -2.34. The smallest absolute Gasteiger partial charge is 0.317 e. The number of rotatable bonds is 7. The average Bonchev–Trinajstić information content (AvgIpc) is 3.23. The number of nitrogens with zero attached hydrogens (tertiary/aromatic N) is 6. The van der Waals surface area contributed by atoms with Crippen LogP contribution in [-0.2, 0) is 9.63 Å². The van der Waals surface area contributed by atoms with Crippen molar-refractivity contribution < 1.29 is 14.7 Å². The van der Waals surface area contributed by atoms with E-state index < -0.39 is 5.97 Å². The largest absolute Gasteiger partial charge is 0.480 e. The summed E-state index contributed by atoms with van der Waals surface area (Å²) in [6, 6.07) is 8.32. The van der Waals surface area contributed by atoms with Crippen LogP contribution in [0, 0.1) is 0 Å². The Morgan fingerprint density at radius 1 is 1.10 bits per heavy atom. The second-order valence-corrected chi connectivity index (χ2v) is 8.56. The maximum absolute atomic E-state index is 10.8. The van der Waals surface area contributed by atoms with Gasteiger partial charge in [-0.15, -0.1) is 0 Å². The van der Waals surface area contributed by atoms with Gasteiger partial charge in [-0.2, -0.15) is 5.10 Å². The molecule has 3 heterocycles. The fourth-order valence-electron chi connectivity index (χ4n) is 4.13. The summed E-state index contributed by atoms with van der Waals surface area (Å²) in [6.45, 7) is 8.27. The van der Waals surface area contributed by atoms with Crippen LogP contribution < -0.4 is 0 Å². The lowest BCUT2D eigenvalue weighted by molar-refractivity contribution is -0.138. The number of carboxylic acids is 1. The molecule has 4 rings (SSSR count). The molecule has 0 aromatic heterocycles. The van der Waals surface area contributed by atoms with Crippen LogP contribution in [0.1, 0.15) is 17.5 Å². The van der Waals surface area contributed by atoms with Gasteiger partial charge in [-0.3, -0.25) is 19.6 Å². The highest BCUT2D eigenvalue weighted by atomic mass is 16.6. The van der Waals surface area contributed by atoms with Gasteiger partial charge in [-0.25, -0.2) is 0 Å². The fourth-order valence-corrected chi connectivity index (χ4v) is 4.13. The normalized spacial score (nSPS) is 23.8. The molecular weight excluding hydrogens is 396 g/mol. The first-order valence-corrected chi connectivity index (χ1v) is 11.0. The van der Waals surface area contributed by atoms with E-state index in [1.165, 1.54) is 0 Å². The lowest BCUT2D eigenvalue weighted by atomic mass is 10.0. The molecule has 0 bridgehead atoms. The van der Waals surface area contributed by atoms with Crippen LogP contribution in [0.15, 0.2) is 34.5 Å². The van der Waals surface area contributed by atoms with Gasteiger partial charge in [0.15, 0.2) is 0 Å². The molecule has 31 heavy (non-hydrogen) atoms. The Kier molecular flexibility index (Phi) is 7.16. The second kappa shape index (κ2) is 10.2. The molecule has 3 aliphatic rings. The number of hydrazone groups is 1. The van der Waals surface area contributed by atoms with E-state index >= 15 is 0 Å². The van der Waals surface area contributed by atoms with E-state index in [1.54, 1.807) is 0 Å². The topological polar surface area (TPSA) is 84.2 Å². The third kappa shape index (κ3) is 6.25. The van der Waals surface area contributed by atoms with E-state index in [1.807, 2.05) is 11.1 Å². The Labute approximate surface area is 183 Å². The summed E-state index contributed by atoms with van der Waals surface area (Å²) in [7, 11) is 2.14. The maximum atomic E-state index is 10.8. The van der Waals surface area contributed by atoms with Crippen LogP contribution in [0.4, 0.5) is 0 Å². The molecule has 0 radical (unpaired) electrons. The minimum absolute atomic E-state index is 0.0551. The standard InChI is InChI=1S/C22H32N6O3/c1-25-6-12-28(13-7-25)23-15-18-2-4-19(5-3-18)21-14-20(31-24-21)16-26-8-10-27(11-9-26)17-22(29)30/h2-5,15,20H,6-14,16-17H2,1H3,(H,29,30). The van der Waals surface area contributed by atoms with Gasteiger partial charge in [0.1, 0.15) is 6.10 Å². The molecule has 1 aromatic carbocycles. The first-order valence-electron chi connectivity index (χ1n) is 11.0. The molecule has 3 aliphatic heterocycles. The monoisotopic (exact) mass is 428 g/mol. The Morgan fingerprint density at radius 3 is 2.45 bits per heavy atom. The zero-order valence-electron chi connectivity index (χ0n) is 18.2. The van der Waals surface area contributed by atoms with Crippen molar-refractivity contribution in [3.8, 4) is 0 Å². The van der Waals surface area contributed by atoms with Gasteiger partial charge in [-0.1, -0.05) is 29.4 Å². The molecule has 2 saturated heterocycles. The summed E-state index contributed by atoms with van der Waals surface area (Å²) in [5, 5.41) is 20.0. The number of benzene rings is 1. The second-order valence-electron chi connectivity index (χ2n) is 8.56. The van der Waals surface area contributed by atoms with Crippen LogP contribution in [0.2, 0.25) is 0 Å². The van der Waals surface area contributed by atoms with Crippen LogP contribution >= 0.6 is 0 Å². The van der Waals surface area contributed by atoms with E-state index in [4.69, 9.17) is 9.94 Å². The van der Waals surface area contributed by atoms with Crippen molar-refractivity contribution in [1.29, 1.82) is 0 Å². The fraction of sp³-hybridized carbons (Fsp3) is 0.591. The van der Waals surface area contributed by atoms with E-state index in [0.717, 1.165) is 82.2 Å². The van der Waals surface area contributed by atoms with Crippen molar-refractivity contribution in [2.75, 3.05) is 72.5 Å². The highest BCUT2D eigenvalue weighted by Crippen LogP contribution is 2.18. The van der Waals surface area contributed by atoms with E-state index in [2.05, 4.69) is 56.4 Å². The number of likely N-dealkylation sites (N-methyl/N-ethyl adjacent to an activating group) is 1. The summed E-state index contributed by atoms with van der Waals surface area (Å²) < 4.78 is 0. The summed E-state index contributed by atoms with van der Waals surface area (Å²) in [5.74, 6) is -0.762. The molecule has 0 spiro atoms. The minimum atomic E-state index is -0.762. The Balaban J connectivity index is 1.22. The molecule has 2 fully saturated rings. The molecule has 0 aliphatic carbocycles. The quantitative estimate of drug-likeness (QED) is 0.632. The van der Waals surface area contributed by atoms with Crippen molar-refractivity contribution in [2.45, 2.75) is 12.5 Å². The summed E-state index contributed by atoms with van der Waals surface area (Å²) >= 11 is 0. The number of hydrogen-bond donors (Lipinski definition) is 1.